The molecule has 1 fully saturated rings. The molecule has 40 heavy (non-hydrogen) atoms. The minimum Gasteiger partial charge on any atom is -0.493 e. The van der Waals surface area contributed by atoms with Gasteiger partial charge in [0, 0.05) is 5.69 Å². The number of nitrogens with one attached hydrogen (secondary N) is 1. The number of rotatable bonds is 10. The summed E-state index contributed by atoms with van der Waals surface area (Å²) in [7, 11) is 1.51. The fourth-order valence-electron chi connectivity index (χ4n) is 3.73. The van der Waals surface area contributed by atoms with Crippen LogP contribution in [0.25, 0.3) is 6.08 Å². The first-order chi connectivity index (χ1) is 19.3. The van der Waals surface area contributed by atoms with Gasteiger partial charge in [-0.2, -0.15) is 0 Å². The van der Waals surface area contributed by atoms with E-state index in [1.165, 1.54) is 25.3 Å². The molecule has 1 saturated heterocycles. The summed E-state index contributed by atoms with van der Waals surface area (Å²) in [5, 5.41) is 2.16. The number of benzene rings is 3. The Balaban J connectivity index is 1.41. The summed E-state index contributed by atoms with van der Waals surface area (Å²) >= 11 is 6.79. The summed E-state index contributed by atoms with van der Waals surface area (Å²) in [5.74, 6) is -0.860. The third-order valence-electron chi connectivity index (χ3n) is 5.64. The summed E-state index contributed by atoms with van der Waals surface area (Å²) in [6.07, 6.45) is 1.55. The maximum Gasteiger partial charge on any atom is 0.339 e. The van der Waals surface area contributed by atoms with E-state index in [0.29, 0.717) is 23.7 Å². The van der Waals surface area contributed by atoms with Crippen molar-refractivity contribution in [3.63, 3.8) is 0 Å². The average molecular weight is 581 g/mol. The number of methoxy groups -OCH3 is 1. The van der Waals surface area contributed by atoms with Crippen molar-refractivity contribution in [3.8, 4) is 11.5 Å². The molecule has 1 aliphatic heterocycles. The topological polar surface area (TPSA) is 111 Å². The first-order valence-electron chi connectivity index (χ1n) is 12.2. The highest BCUT2D eigenvalue weighted by atomic mass is 35.5. The first kappa shape index (κ1) is 28.7. The van der Waals surface area contributed by atoms with E-state index in [4.69, 9.17) is 25.8 Å². The molecule has 0 bridgehead atoms. The van der Waals surface area contributed by atoms with Crippen LogP contribution in [0.5, 0.6) is 11.5 Å². The zero-order valence-corrected chi connectivity index (χ0v) is 23.2. The van der Waals surface area contributed by atoms with E-state index in [9.17, 15) is 19.2 Å². The largest absolute Gasteiger partial charge is 0.493 e. The number of carbonyl (C=O) groups excluding carboxylic acids is 4. The summed E-state index contributed by atoms with van der Waals surface area (Å²) in [4.78, 5) is 51.2. The minimum absolute atomic E-state index is 0.0855. The molecule has 206 valence electrons. The number of thioether (sulfide) groups is 1. The zero-order valence-electron chi connectivity index (χ0n) is 21.6. The molecule has 3 amide bonds. The standard InChI is InChI=1S/C29H25ClN2O7S/c1-3-38-28(35)21-15-20(10-11-22(21)30)31-26(33)16-32-27(34)25(40-29(32)36)14-19-9-12-23(24(13-19)37-2)39-17-18-7-5-4-6-8-18/h4-15H,3,16-17H2,1-2H3,(H,31,33)/b25-14+. The van der Waals surface area contributed by atoms with Crippen molar-refractivity contribution >= 4 is 58.1 Å². The SMILES string of the molecule is CCOC(=O)c1cc(NC(=O)CN2C(=O)S/C(=C/c3ccc(OCc4ccccc4)c(OC)c3)C2=O)ccc1Cl. The number of ether oxygens (including phenoxy) is 3. The van der Waals surface area contributed by atoms with Gasteiger partial charge in [0.05, 0.1) is 29.2 Å². The van der Waals surface area contributed by atoms with Crippen molar-refractivity contribution in [1.82, 2.24) is 4.90 Å². The van der Waals surface area contributed by atoms with Gasteiger partial charge in [-0.25, -0.2) is 4.79 Å². The van der Waals surface area contributed by atoms with Gasteiger partial charge in [-0.05, 0) is 66.2 Å². The number of hydrogen-bond donors (Lipinski definition) is 1. The molecule has 0 radical (unpaired) electrons. The Morgan fingerprint density at radius 1 is 1.02 bits per heavy atom. The smallest absolute Gasteiger partial charge is 0.339 e. The van der Waals surface area contributed by atoms with Gasteiger partial charge in [-0.1, -0.05) is 48.0 Å². The molecule has 11 heteroatoms. The lowest BCUT2D eigenvalue weighted by molar-refractivity contribution is -0.127. The van der Waals surface area contributed by atoms with Crippen molar-refractivity contribution in [2.75, 3.05) is 25.6 Å². The lowest BCUT2D eigenvalue weighted by Crippen LogP contribution is -2.36. The predicted octanol–water partition coefficient (Wildman–Crippen LogP) is 5.78. The van der Waals surface area contributed by atoms with E-state index in [2.05, 4.69) is 5.32 Å². The fraction of sp³-hybridized carbons (Fsp3) is 0.172. The van der Waals surface area contributed by atoms with Gasteiger partial charge in [-0.3, -0.25) is 19.3 Å². The quantitative estimate of drug-likeness (QED) is 0.237. The summed E-state index contributed by atoms with van der Waals surface area (Å²) in [6.45, 7) is 1.68. The van der Waals surface area contributed by atoms with Gasteiger partial charge in [0.15, 0.2) is 11.5 Å². The number of hydrogen-bond acceptors (Lipinski definition) is 8. The fourth-order valence-corrected chi connectivity index (χ4v) is 4.76. The van der Waals surface area contributed by atoms with Gasteiger partial charge in [0.2, 0.25) is 5.91 Å². The number of halogens is 1. The van der Waals surface area contributed by atoms with Crippen LogP contribution in [0.1, 0.15) is 28.4 Å². The van der Waals surface area contributed by atoms with Gasteiger partial charge in [-0.15, -0.1) is 0 Å². The lowest BCUT2D eigenvalue weighted by atomic mass is 10.1. The van der Waals surface area contributed by atoms with Crippen LogP contribution >= 0.6 is 23.4 Å². The van der Waals surface area contributed by atoms with E-state index in [0.717, 1.165) is 22.2 Å². The molecule has 0 aliphatic carbocycles. The monoisotopic (exact) mass is 580 g/mol. The molecule has 3 aromatic carbocycles. The Labute approximate surface area is 240 Å². The second-order valence-corrected chi connectivity index (χ2v) is 9.82. The number of imide groups is 1. The molecule has 0 saturated carbocycles. The molecule has 0 atom stereocenters. The van der Waals surface area contributed by atoms with Gasteiger partial charge >= 0.3 is 5.97 Å². The van der Waals surface area contributed by atoms with Crippen molar-refractivity contribution in [2.45, 2.75) is 13.5 Å². The third-order valence-corrected chi connectivity index (χ3v) is 6.88. The molecule has 1 N–H and O–H groups in total. The minimum atomic E-state index is -0.632. The number of carbonyl (C=O) groups is 4. The summed E-state index contributed by atoms with van der Waals surface area (Å²) in [6, 6.07) is 19.2. The molecule has 9 nitrogen and oxygen atoms in total. The summed E-state index contributed by atoms with van der Waals surface area (Å²) in [5.41, 5.74) is 1.97. The molecule has 0 aromatic heterocycles. The van der Waals surface area contributed by atoms with Crippen LogP contribution < -0.4 is 14.8 Å². The highest BCUT2D eigenvalue weighted by Gasteiger charge is 2.36. The van der Waals surface area contributed by atoms with Crippen molar-refractivity contribution in [3.05, 3.63) is 93.3 Å². The molecule has 4 rings (SSSR count). The number of amides is 3. The summed E-state index contributed by atoms with van der Waals surface area (Å²) < 4.78 is 16.3. The Bertz CT molecular complexity index is 1480. The maximum atomic E-state index is 13.0. The van der Waals surface area contributed by atoms with E-state index >= 15 is 0 Å². The Morgan fingerprint density at radius 2 is 1.80 bits per heavy atom. The van der Waals surface area contributed by atoms with Gasteiger partial charge in [0.25, 0.3) is 11.1 Å². The first-order valence-corrected chi connectivity index (χ1v) is 13.3. The maximum absolute atomic E-state index is 13.0. The zero-order chi connectivity index (χ0) is 28.6. The van der Waals surface area contributed by atoms with Crippen molar-refractivity contribution in [2.24, 2.45) is 0 Å². The van der Waals surface area contributed by atoms with E-state index in [-0.39, 0.29) is 27.8 Å². The highest BCUT2D eigenvalue weighted by molar-refractivity contribution is 8.18. The highest BCUT2D eigenvalue weighted by Crippen LogP contribution is 2.35. The Hall–Kier alpha value is -4.28. The van der Waals surface area contributed by atoms with E-state index in [1.807, 2.05) is 30.3 Å². The molecule has 1 heterocycles. The second-order valence-electron chi connectivity index (χ2n) is 8.42. The molecular formula is C29H25ClN2O7S. The van der Waals surface area contributed by atoms with E-state index in [1.54, 1.807) is 31.2 Å². The van der Waals surface area contributed by atoms with Gasteiger partial charge in [0.1, 0.15) is 13.2 Å². The molecular weight excluding hydrogens is 556 g/mol. The average Bonchev–Trinajstić information content (AvgIpc) is 3.21. The van der Waals surface area contributed by atoms with Gasteiger partial charge < -0.3 is 19.5 Å². The van der Waals surface area contributed by atoms with E-state index < -0.39 is 29.6 Å². The predicted molar refractivity (Wildman–Crippen MR) is 152 cm³/mol. The Morgan fingerprint density at radius 3 is 2.52 bits per heavy atom. The van der Waals surface area contributed by atoms with Crippen LogP contribution in [0.15, 0.2) is 71.6 Å². The number of anilines is 1. The van der Waals surface area contributed by atoms with Crippen LogP contribution in [0, 0.1) is 0 Å². The van der Waals surface area contributed by atoms with Crippen LogP contribution in [-0.4, -0.2) is 48.2 Å². The number of esters is 1. The van der Waals surface area contributed by atoms with Crippen LogP contribution in [0.3, 0.4) is 0 Å². The van der Waals surface area contributed by atoms with Crippen molar-refractivity contribution in [1.29, 1.82) is 0 Å². The normalized spacial score (nSPS) is 13.9. The second kappa shape index (κ2) is 13.2. The van der Waals surface area contributed by atoms with Crippen LogP contribution in [0.4, 0.5) is 10.5 Å². The third kappa shape index (κ3) is 7.02. The molecule has 0 spiro atoms. The Kier molecular flexibility index (Phi) is 9.47. The van der Waals surface area contributed by atoms with Crippen molar-refractivity contribution < 1.29 is 33.4 Å². The molecule has 1 aliphatic rings. The number of nitrogens with zero attached hydrogens (tertiary/aromatic N) is 1. The lowest BCUT2D eigenvalue weighted by Gasteiger charge is -2.13. The molecule has 0 unspecified atom stereocenters. The van der Waals surface area contributed by atoms with Crippen LogP contribution in [-0.2, 0) is 20.9 Å². The van der Waals surface area contributed by atoms with Crippen LogP contribution in [0.2, 0.25) is 5.02 Å². The molecule has 3 aromatic rings.